The Morgan fingerprint density at radius 3 is 2.37 bits per heavy atom. The highest BCUT2D eigenvalue weighted by molar-refractivity contribution is 7.89. The van der Waals surface area contributed by atoms with E-state index in [1.807, 2.05) is 11.0 Å². The summed E-state index contributed by atoms with van der Waals surface area (Å²) in [6.07, 6.45) is -4.29. The van der Waals surface area contributed by atoms with Crippen LogP contribution < -0.4 is 15.4 Å². The summed E-state index contributed by atoms with van der Waals surface area (Å²) < 4.78 is 87.7. The quantitative estimate of drug-likeness (QED) is 0.368. The Morgan fingerprint density at radius 1 is 1.20 bits per heavy atom. The minimum absolute atomic E-state index is 0.000529. The van der Waals surface area contributed by atoms with E-state index < -0.39 is 56.9 Å². The second kappa shape index (κ2) is 11.2. The van der Waals surface area contributed by atoms with Crippen LogP contribution in [0.15, 0.2) is 24.3 Å². The Morgan fingerprint density at radius 2 is 1.83 bits per heavy atom. The lowest BCUT2D eigenvalue weighted by atomic mass is 10.0. The van der Waals surface area contributed by atoms with Gasteiger partial charge in [-0.1, -0.05) is 12.1 Å². The third kappa shape index (κ3) is 8.11. The number of morpholine rings is 1. The molecule has 1 heterocycles. The summed E-state index contributed by atoms with van der Waals surface area (Å²) in [5, 5.41) is 13.7. The minimum atomic E-state index is -4.92. The number of nitriles is 1. The third-order valence-electron chi connectivity index (χ3n) is 5.78. The summed E-state index contributed by atoms with van der Waals surface area (Å²) in [7, 11) is -4.19. The van der Waals surface area contributed by atoms with Gasteiger partial charge in [-0.3, -0.25) is 15.0 Å². The molecule has 1 unspecified atom stereocenters. The van der Waals surface area contributed by atoms with Crippen LogP contribution in [-0.4, -0.2) is 82.1 Å². The molecule has 3 N–H and O–H groups in total. The summed E-state index contributed by atoms with van der Waals surface area (Å²) in [4.78, 5) is 14.8. The maximum absolute atomic E-state index is 13.9. The fourth-order valence-electron chi connectivity index (χ4n) is 3.61. The SMILES string of the molecule is N#CC1(NC(=O)C(CS(=O)(=O)NCCN2CCOCC2)N[C@H](c2ccc(F)cc2)C(F)(F)F)CC1. The number of hydrogen-bond acceptors (Lipinski definition) is 7. The normalized spacial score (nSPS) is 20.0. The Hall–Kier alpha value is -2.31. The number of nitrogens with zero attached hydrogens (tertiary/aromatic N) is 2. The molecule has 0 spiro atoms. The van der Waals surface area contributed by atoms with Crippen LogP contribution in [0.25, 0.3) is 0 Å². The first kappa shape index (κ1) is 27.3. The van der Waals surface area contributed by atoms with Crippen molar-refractivity contribution in [2.45, 2.75) is 36.6 Å². The number of sulfonamides is 1. The minimum Gasteiger partial charge on any atom is -0.379 e. The van der Waals surface area contributed by atoms with Gasteiger partial charge < -0.3 is 10.1 Å². The number of amides is 1. The van der Waals surface area contributed by atoms with Gasteiger partial charge in [0.1, 0.15) is 23.4 Å². The Labute approximate surface area is 200 Å². The van der Waals surface area contributed by atoms with E-state index in [4.69, 9.17) is 4.74 Å². The molecule has 1 saturated carbocycles. The van der Waals surface area contributed by atoms with Crippen LogP contribution in [0, 0.1) is 17.1 Å². The van der Waals surface area contributed by atoms with E-state index in [1.165, 1.54) is 0 Å². The summed E-state index contributed by atoms with van der Waals surface area (Å²) in [6, 6.07) is 1.09. The van der Waals surface area contributed by atoms with Crippen molar-refractivity contribution in [1.82, 2.24) is 20.3 Å². The standard InChI is InChI=1S/C21H27F4N5O4S/c22-16-3-1-15(2-4-16)18(21(23,24)25)28-17(19(31)29-20(14-26)5-6-20)13-35(32,33)27-7-8-30-9-11-34-12-10-30/h1-4,17-18,27-28H,5-13H2,(H,29,31)/t17?,18-/m1/s1. The lowest BCUT2D eigenvalue weighted by molar-refractivity contribution is -0.160. The van der Waals surface area contributed by atoms with E-state index in [-0.39, 0.29) is 6.54 Å². The third-order valence-corrected chi connectivity index (χ3v) is 7.20. The number of ether oxygens (including phenoxy) is 1. The van der Waals surface area contributed by atoms with Gasteiger partial charge in [0, 0.05) is 26.2 Å². The van der Waals surface area contributed by atoms with Gasteiger partial charge in [0.05, 0.1) is 25.0 Å². The highest BCUT2D eigenvalue weighted by Gasteiger charge is 2.48. The lowest BCUT2D eigenvalue weighted by Gasteiger charge is -2.28. The number of carbonyl (C=O) groups is 1. The van der Waals surface area contributed by atoms with Crippen LogP contribution in [0.2, 0.25) is 0 Å². The Balaban J connectivity index is 1.75. The number of alkyl halides is 3. The molecular formula is C21H27F4N5O4S. The average Bonchev–Trinajstić information content (AvgIpc) is 3.57. The van der Waals surface area contributed by atoms with Crippen LogP contribution in [0.5, 0.6) is 0 Å². The fraction of sp³-hybridized carbons (Fsp3) is 0.619. The zero-order chi connectivity index (χ0) is 25.7. The number of benzene rings is 1. The lowest BCUT2D eigenvalue weighted by Crippen LogP contribution is -2.55. The molecule has 2 fully saturated rings. The van der Waals surface area contributed by atoms with Crippen molar-refractivity contribution in [3.8, 4) is 6.07 Å². The first-order valence-electron chi connectivity index (χ1n) is 11.0. The molecule has 1 aromatic carbocycles. The summed E-state index contributed by atoms with van der Waals surface area (Å²) in [5.41, 5.74) is -1.61. The van der Waals surface area contributed by atoms with Crippen molar-refractivity contribution in [2.24, 2.45) is 0 Å². The van der Waals surface area contributed by atoms with E-state index in [0.29, 0.717) is 45.7 Å². The second-order valence-corrected chi connectivity index (χ2v) is 10.4. The van der Waals surface area contributed by atoms with Gasteiger partial charge in [-0.05, 0) is 30.5 Å². The second-order valence-electron chi connectivity index (χ2n) is 8.56. The van der Waals surface area contributed by atoms with E-state index in [9.17, 15) is 36.0 Å². The molecule has 1 saturated heterocycles. The summed E-state index contributed by atoms with van der Waals surface area (Å²) in [6.45, 7) is 2.64. The van der Waals surface area contributed by atoms with E-state index in [0.717, 1.165) is 24.3 Å². The molecule has 35 heavy (non-hydrogen) atoms. The number of rotatable bonds is 11. The molecule has 1 aromatic rings. The predicted octanol–water partition coefficient (Wildman–Crippen LogP) is 0.811. The smallest absolute Gasteiger partial charge is 0.379 e. The molecule has 1 aliphatic carbocycles. The highest BCUT2D eigenvalue weighted by atomic mass is 32.2. The van der Waals surface area contributed by atoms with Crippen LogP contribution in [0.4, 0.5) is 17.6 Å². The number of hydrogen-bond donors (Lipinski definition) is 3. The molecule has 1 amide bonds. The van der Waals surface area contributed by atoms with Crippen LogP contribution >= 0.6 is 0 Å². The zero-order valence-corrected chi connectivity index (χ0v) is 19.6. The molecule has 2 atom stereocenters. The molecular weight excluding hydrogens is 494 g/mol. The van der Waals surface area contributed by atoms with Crippen molar-refractivity contribution in [1.29, 1.82) is 5.26 Å². The Kier molecular flexibility index (Phi) is 8.71. The van der Waals surface area contributed by atoms with Crippen molar-refractivity contribution < 1.29 is 35.5 Å². The van der Waals surface area contributed by atoms with Crippen molar-refractivity contribution >= 4 is 15.9 Å². The Bertz CT molecular complexity index is 1020. The number of halogens is 4. The summed E-state index contributed by atoms with van der Waals surface area (Å²) >= 11 is 0. The van der Waals surface area contributed by atoms with E-state index in [1.54, 1.807) is 0 Å². The molecule has 9 nitrogen and oxygen atoms in total. The van der Waals surface area contributed by atoms with Gasteiger partial charge in [-0.15, -0.1) is 0 Å². The molecule has 1 aliphatic heterocycles. The molecule has 3 rings (SSSR count). The molecule has 194 valence electrons. The summed E-state index contributed by atoms with van der Waals surface area (Å²) in [5.74, 6) is -2.78. The van der Waals surface area contributed by atoms with Gasteiger partial charge in [0.2, 0.25) is 15.9 Å². The largest absolute Gasteiger partial charge is 0.407 e. The first-order chi connectivity index (χ1) is 16.4. The van der Waals surface area contributed by atoms with E-state index in [2.05, 4.69) is 15.4 Å². The van der Waals surface area contributed by atoms with Crippen LogP contribution in [0.1, 0.15) is 24.4 Å². The fourth-order valence-corrected chi connectivity index (χ4v) is 4.82. The number of nitrogens with one attached hydrogen (secondary N) is 3. The van der Waals surface area contributed by atoms with Crippen molar-refractivity contribution in [3.63, 3.8) is 0 Å². The van der Waals surface area contributed by atoms with Gasteiger partial charge >= 0.3 is 6.18 Å². The highest BCUT2D eigenvalue weighted by Crippen LogP contribution is 2.35. The van der Waals surface area contributed by atoms with Crippen molar-refractivity contribution in [3.05, 3.63) is 35.6 Å². The van der Waals surface area contributed by atoms with Crippen LogP contribution in [-0.2, 0) is 19.6 Å². The van der Waals surface area contributed by atoms with Gasteiger partial charge in [-0.25, -0.2) is 17.5 Å². The first-order valence-corrected chi connectivity index (χ1v) is 12.7. The molecule has 0 bridgehead atoms. The number of carbonyl (C=O) groups excluding carboxylic acids is 1. The topological polar surface area (TPSA) is 124 Å². The van der Waals surface area contributed by atoms with Gasteiger partial charge in [-0.2, -0.15) is 18.4 Å². The molecule has 0 radical (unpaired) electrons. The maximum atomic E-state index is 13.9. The zero-order valence-electron chi connectivity index (χ0n) is 18.8. The van der Waals surface area contributed by atoms with Crippen LogP contribution in [0.3, 0.4) is 0 Å². The average molecular weight is 522 g/mol. The molecule has 2 aliphatic rings. The predicted molar refractivity (Wildman–Crippen MR) is 117 cm³/mol. The monoisotopic (exact) mass is 521 g/mol. The maximum Gasteiger partial charge on any atom is 0.407 e. The van der Waals surface area contributed by atoms with Crippen molar-refractivity contribution in [2.75, 3.05) is 45.1 Å². The van der Waals surface area contributed by atoms with E-state index >= 15 is 0 Å². The molecule has 14 heteroatoms. The molecule has 0 aromatic heterocycles. The van der Waals surface area contributed by atoms with Gasteiger partial charge in [0.15, 0.2) is 0 Å². The van der Waals surface area contributed by atoms with Gasteiger partial charge in [0.25, 0.3) is 0 Å².